The molecular weight excluding hydrogens is 333 g/mol. The van der Waals surface area contributed by atoms with Crippen LogP contribution in [0.15, 0.2) is 41.6 Å². The summed E-state index contributed by atoms with van der Waals surface area (Å²) in [7, 11) is -4.22. The molecule has 23 heavy (non-hydrogen) atoms. The van der Waals surface area contributed by atoms with Crippen LogP contribution in [0.25, 0.3) is 0 Å². The monoisotopic (exact) mass is 346 g/mol. The Morgan fingerprint density at radius 2 is 1.96 bits per heavy atom. The lowest BCUT2D eigenvalue weighted by Gasteiger charge is -2.19. The van der Waals surface area contributed by atoms with E-state index in [1.165, 1.54) is 23.0 Å². The topological polar surface area (TPSA) is 68.1 Å². The molecule has 1 saturated heterocycles. The van der Waals surface area contributed by atoms with Gasteiger partial charge in [0, 0.05) is 19.3 Å². The summed E-state index contributed by atoms with van der Waals surface area (Å²) in [5.74, 6) is 0. The second-order valence-corrected chi connectivity index (χ2v) is 7.09. The van der Waals surface area contributed by atoms with E-state index in [1.54, 1.807) is 6.20 Å². The van der Waals surface area contributed by atoms with Gasteiger partial charge in [-0.2, -0.15) is 17.5 Å². The number of aromatic nitrogens is 3. The van der Waals surface area contributed by atoms with Crippen molar-refractivity contribution >= 4 is 10.0 Å². The molecule has 0 spiro atoms. The van der Waals surface area contributed by atoms with Gasteiger partial charge in [-0.1, -0.05) is 17.3 Å². The lowest BCUT2D eigenvalue weighted by atomic mass is 10.2. The molecule has 0 bridgehead atoms. The average Bonchev–Trinajstić information content (AvgIpc) is 3.17. The van der Waals surface area contributed by atoms with Gasteiger partial charge in [0.1, 0.15) is 0 Å². The molecule has 0 amide bonds. The van der Waals surface area contributed by atoms with Crippen LogP contribution < -0.4 is 0 Å². The van der Waals surface area contributed by atoms with Gasteiger partial charge in [-0.25, -0.2) is 13.1 Å². The standard InChI is InChI=1S/C13H13F3N4O2S/c14-13(15,16)11-3-1-2-4-12(11)23(21,22)19-7-5-10(9-19)20-8-6-17-18-20/h1-4,6,8,10H,5,7,9H2. The fraction of sp³-hybridized carbons (Fsp3) is 0.385. The second-order valence-electron chi connectivity index (χ2n) is 5.18. The zero-order valence-electron chi connectivity index (χ0n) is 11.8. The molecule has 124 valence electrons. The van der Waals surface area contributed by atoms with Crippen LogP contribution in [0.1, 0.15) is 18.0 Å². The Kier molecular flexibility index (Phi) is 3.88. The third-order valence-electron chi connectivity index (χ3n) is 3.75. The predicted octanol–water partition coefficient (Wildman–Crippen LogP) is 1.93. The Bertz CT molecular complexity index is 790. The van der Waals surface area contributed by atoms with Gasteiger partial charge in [-0.3, -0.25) is 0 Å². The van der Waals surface area contributed by atoms with Gasteiger partial charge in [-0.05, 0) is 18.6 Å². The van der Waals surface area contributed by atoms with Crippen molar-refractivity contribution in [3.05, 3.63) is 42.2 Å². The first kappa shape index (κ1) is 15.9. The Morgan fingerprint density at radius 3 is 2.61 bits per heavy atom. The zero-order valence-corrected chi connectivity index (χ0v) is 12.6. The highest BCUT2D eigenvalue weighted by atomic mass is 32.2. The summed E-state index contributed by atoms with van der Waals surface area (Å²) in [6, 6.07) is 3.99. The van der Waals surface area contributed by atoms with Gasteiger partial charge < -0.3 is 0 Å². The van der Waals surface area contributed by atoms with Gasteiger partial charge in [0.25, 0.3) is 0 Å². The van der Waals surface area contributed by atoms with Crippen LogP contribution in [0.2, 0.25) is 0 Å². The fourth-order valence-corrected chi connectivity index (χ4v) is 4.33. The highest BCUT2D eigenvalue weighted by Gasteiger charge is 2.41. The largest absolute Gasteiger partial charge is 0.417 e. The van der Waals surface area contributed by atoms with E-state index < -0.39 is 26.7 Å². The summed E-state index contributed by atoms with van der Waals surface area (Å²) >= 11 is 0. The number of sulfonamides is 1. The first-order chi connectivity index (χ1) is 10.8. The molecule has 6 nitrogen and oxygen atoms in total. The molecule has 1 aliphatic heterocycles. The lowest BCUT2D eigenvalue weighted by Crippen LogP contribution is -2.31. The van der Waals surface area contributed by atoms with E-state index in [1.807, 2.05) is 0 Å². The molecular formula is C13H13F3N4O2S. The molecule has 0 N–H and O–H groups in total. The molecule has 2 heterocycles. The van der Waals surface area contributed by atoms with Crippen molar-refractivity contribution in [2.24, 2.45) is 0 Å². The summed E-state index contributed by atoms with van der Waals surface area (Å²) < 4.78 is 67.0. The molecule has 0 radical (unpaired) electrons. The molecule has 1 atom stereocenters. The van der Waals surface area contributed by atoms with Crippen LogP contribution in [0.4, 0.5) is 13.2 Å². The normalized spacial score (nSPS) is 20.0. The first-order valence-corrected chi connectivity index (χ1v) is 8.26. The van der Waals surface area contributed by atoms with Gasteiger partial charge >= 0.3 is 6.18 Å². The number of rotatable bonds is 3. The zero-order chi connectivity index (χ0) is 16.7. The number of hydrogen-bond acceptors (Lipinski definition) is 4. The summed E-state index contributed by atoms with van der Waals surface area (Å²) in [6.45, 7) is 0.205. The second kappa shape index (κ2) is 5.60. The molecule has 10 heteroatoms. The van der Waals surface area contributed by atoms with Crippen molar-refractivity contribution < 1.29 is 21.6 Å². The number of benzene rings is 1. The fourth-order valence-electron chi connectivity index (χ4n) is 2.62. The highest BCUT2D eigenvalue weighted by molar-refractivity contribution is 7.89. The van der Waals surface area contributed by atoms with Crippen molar-refractivity contribution in [3.8, 4) is 0 Å². The average molecular weight is 346 g/mol. The minimum atomic E-state index is -4.73. The molecule has 0 aliphatic carbocycles. The Morgan fingerprint density at radius 1 is 1.22 bits per heavy atom. The quantitative estimate of drug-likeness (QED) is 0.852. The van der Waals surface area contributed by atoms with Crippen molar-refractivity contribution in [2.45, 2.75) is 23.5 Å². The maximum Gasteiger partial charge on any atom is 0.417 e. The van der Waals surface area contributed by atoms with Gasteiger partial charge in [0.15, 0.2) is 0 Å². The van der Waals surface area contributed by atoms with E-state index in [9.17, 15) is 21.6 Å². The number of alkyl halides is 3. The van der Waals surface area contributed by atoms with Crippen molar-refractivity contribution in [3.63, 3.8) is 0 Å². The van der Waals surface area contributed by atoms with Gasteiger partial charge in [0.05, 0.1) is 22.7 Å². The first-order valence-electron chi connectivity index (χ1n) is 6.82. The summed E-state index contributed by atoms with van der Waals surface area (Å²) in [6.07, 6.45) is -1.19. The van der Waals surface area contributed by atoms with Gasteiger partial charge in [0.2, 0.25) is 10.0 Å². The highest BCUT2D eigenvalue weighted by Crippen LogP contribution is 2.36. The molecule has 1 fully saturated rings. The minimum absolute atomic E-state index is 0.0673. The van der Waals surface area contributed by atoms with Crippen LogP contribution in [-0.2, 0) is 16.2 Å². The number of hydrogen-bond donors (Lipinski definition) is 0. The Hall–Kier alpha value is -1.94. The van der Waals surface area contributed by atoms with E-state index >= 15 is 0 Å². The Labute approximate surface area is 130 Å². The lowest BCUT2D eigenvalue weighted by molar-refractivity contribution is -0.139. The summed E-state index contributed by atoms with van der Waals surface area (Å²) in [5.41, 5.74) is -1.15. The van der Waals surface area contributed by atoms with Crippen LogP contribution in [-0.4, -0.2) is 40.8 Å². The number of nitrogens with zero attached hydrogens (tertiary/aromatic N) is 4. The third kappa shape index (κ3) is 2.95. The SMILES string of the molecule is O=S(=O)(c1ccccc1C(F)(F)F)N1CCC(n2ccnn2)C1. The molecule has 2 aromatic rings. The van der Waals surface area contributed by atoms with Crippen LogP contribution in [0, 0.1) is 0 Å². The molecule has 1 unspecified atom stereocenters. The third-order valence-corrected chi connectivity index (χ3v) is 5.67. The Balaban J connectivity index is 1.92. The maximum atomic E-state index is 13.1. The van der Waals surface area contributed by atoms with E-state index in [0.29, 0.717) is 6.42 Å². The maximum absolute atomic E-state index is 13.1. The van der Waals surface area contributed by atoms with Crippen molar-refractivity contribution in [1.82, 2.24) is 19.3 Å². The molecule has 1 aliphatic rings. The van der Waals surface area contributed by atoms with Crippen molar-refractivity contribution in [2.75, 3.05) is 13.1 Å². The van der Waals surface area contributed by atoms with E-state index in [0.717, 1.165) is 16.4 Å². The van der Waals surface area contributed by atoms with Crippen LogP contribution >= 0.6 is 0 Å². The molecule has 1 aromatic carbocycles. The van der Waals surface area contributed by atoms with E-state index in [4.69, 9.17) is 0 Å². The summed E-state index contributed by atoms with van der Waals surface area (Å²) in [4.78, 5) is -0.716. The van der Waals surface area contributed by atoms with Crippen molar-refractivity contribution in [1.29, 1.82) is 0 Å². The van der Waals surface area contributed by atoms with Gasteiger partial charge in [-0.15, -0.1) is 5.10 Å². The van der Waals surface area contributed by atoms with E-state index in [2.05, 4.69) is 10.3 Å². The molecule has 3 rings (SSSR count). The number of halogens is 3. The summed E-state index contributed by atoms with van der Waals surface area (Å²) in [5, 5.41) is 7.46. The smallest absolute Gasteiger partial charge is 0.248 e. The predicted molar refractivity (Wildman–Crippen MR) is 73.9 cm³/mol. The molecule has 0 saturated carbocycles. The van der Waals surface area contributed by atoms with E-state index in [-0.39, 0.29) is 19.1 Å². The molecule has 1 aromatic heterocycles. The van der Waals surface area contributed by atoms with Crippen LogP contribution in [0.5, 0.6) is 0 Å². The minimum Gasteiger partial charge on any atom is -0.248 e. The van der Waals surface area contributed by atoms with Crippen LogP contribution in [0.3, 0.4) is 0 Å².